The second-order valence-corrected chi connectivity index (χ2v) is 4.24. The van der Waals surface area contributed by atoms with Gasteiger partial charge in [0.15, 0.2) is 0 Å². The molecule has 96 valence electrons. The third-order valence-electron chi connectivity index (χ3n) is 2.02. The fourth-order valence-corrected chi connectivity index (χ4v) is 1.65. The van der Waals surface area contributed by atoms with Crippen molar-refractivity contribution < 1.29 is 18.6 Å². The minimum Gasteiger partial charge on any atom is -0.492 e. The maximum absolute atomic E-state index is 12.8. The molecule has 0 amide bonds. The number of ether oxygens (including phenoxy) is 3. The van der Waals surface area contributed by atoms with Gasteiger partial charge in [-0.1, -0.05) is 0 Å². The Balaban J connectivity index is 2.14. The van der Waals surface area contributed by atoms with Gasteiger partial charge in [-0.2, -0.15) is 0 Å². The van der Waals surface area contributed by atoms with Gasteiger partial charge in [0.1, 0.15) is 11.6 Å². The van der Waals surface area contributed by atoms with Crippen molar-refractivity contribution in [3.8, 4) is 5.75 Å². The third kappa shape index (κ3) is 6.00. The van der Waals surface area contributed by atoms with Crippen LogP contribution in [-0.4, -0.2) is 33.5 Å². The standard InChI is InChI=1S/C12H16BrFO3/c1-15-7-8-16-5-2-6-17-12-4-3-10(14)9-11(12)13/h3-4,9H,2,5-8H2,1H3. The van der Waals surface area contributed by atoms with Gasteiger partial charge in [-0.15, -0.1) is 0 Å². The van der Waals surface area contributed by atoms with Crippen LogP contribution in [0.15, 0.2) is 22.7 Å². The van der Waals surface area contributed by atoms with Crippen LogP contribution in [0.5, 0.6) is 5.75 Å². The zero-order valence-corrected chi connectivity index (χ0v) is 11.3. The molecule has 0 aliphatic heterocycles. The Hall–Kier alpha value is -0.650. The number of methoxy groups -OCH3 is 1. The van der Waals surface area contributed by atoms with Crippen molar-refractivity contribution in [3.05, 3.63) is 28.5 Å². The lowest BCUT2D eigenvalue weighted by Crippen LogP contribution is -2.07. The highest BCUT2D eigenvalue weighted by Gasteiger charge is 2.02. The average molecular weight is 307 g/mol. The quantitative estimate of drug-likeness (QED) is 0.691. The van der Waals surface area contributed by atoms with Crippen molar-refractivity contribution in [1.29, 1.82) is 0 Å². The molecule has 3 nitrogen and oxygen atoms in total. The van der Waals surface area contributed by atoms with E-state index in [4.69, 9.17) is 14.2 Å². The molecule has 0 atom stereocenters. The summed E-state index contributed by atoms with van der Waals surface area (Å²) in [5, 5.41) is 0. The van der Waals surface area contributed by atoms with Gasteiger partial charge in [0.25, 0.3) is 0 Å². The summed E-state index contributed by atoms with van der Waals surface area (Å²) in [4.78, 5) is 0. The molecule has 1 aromatic rings. The lowest BCUT2D eigenvalue weighted by molar-refractivity contribution is 0.0644. The first kappa shape index (κ1) is 14.4. The Labute approximate surface area is 109 Å². The molecule has 0 heterocycles. The number of rotatable bonds is 8. The van der Waals surface area contributed by atoms with Crippen LogP contribution in [0.25, 0.3) is 0 Å². The van der Waals surface area contributed by atoms with E-state index in [0.29, 0.717) is 36.6 Å². The number of hydrogen-bond acceptors (Lipinski definition) is 3. The van der Waals surface area contributed by atoms with Crippen molar-refractivity contribution in [3.63, 3.8) is 0 Å². The smallest absolute Gasteiger partial charge is 0.133 e. The highest BCUT2D eigenvalue weighted by molar-refractivity contribution is 9.10. The van der Waals surface area contributed by atoms with E-state index in [1.54, 1.807) is 13.2 Å². The van der Waals surface area contributed by atoms with Crippen LogP contribution in [0.3, 0.4) is 0 Å². The lowest BCUT2D eigenvalue weighted by atomic mass is 10.3. The molecule has 0 spiro atoms. The number of halogens is 2. The first-order chi connectivity index (χ1) is 8.24. The van der Waals surface area contributed by atoms with E-state index in [1.807, 2.05) is 0 Å². The number of benzene rings is 1. The summed E-state index contributed by atoms with van der Waals surface area (Å²) in [5.74, 6) is 0.357. The molecule has 0 saturated carbocycles. The van der Waals surface area contributed by atoms with Crippen LogP contribution in [0, 0.1) is 5.82 Å². The summed E-state index contributed by atoms with van der Waals surface area (Å²) in [6.07, 6.45) is 0.785. The molecule has 0 saturated heterocycles. The molecule has 0 radical (unpaired) electrons. The van der Waals surface area contributed by atoms with E-state index < -0.39 is 0 Å². The first-order valence-corrected chi connectivity index (χ1v) is 6.18. The lowest BCUT2D eigenvalue weighted by Gasteiger charge is -2.08. The summed E-state index contributed by atoms with van der Waals surface area (Å²) < 4.78 is 29.0. The summed E-state index contributed by atoms with van der Waals surface area (Å²) in [6, 6.07) is 4.35. The Bertz CT molecular complexity index is 334. The molecular weight excluding hydrogens is 291 g/mol. The van der Waals surface area contributed by atoms with Crippen LogP contribution in [0.1, 0.15) is 6.42 Å². The Morgan fingerprint density at radius 1 is 1.18 bits per heavy atom. The van der Waals surface area contributed by atoms with Gasteiger partial charge in [-0.3, -0.25) is 0 Å². The second kappa shape index (κ2) is 8.44. The summed E-state index contributed by atoms with van der Waals surface area (Å²) in [7, 11) is 1.64. The molecule has 0 fully saturated rings. The molecule has 0 N–H and O–H groups in total. The maximum atomic E-state index is 12.8. The van der Waals surface area contributed by atoms with Gasteiger partial charge in [-0.25, -0.2) is 4.39 Å². The van der Waals surface area contributed by atoms with Gasteiger partial charge < -0.3 is 14.2 Å². The molecule has 1 aromatic carbocycles. The van der Waals surface area contributed by atoms with Crippen molar-refractivity contribution in [1.82, 2.24) is 0 Å². The molecule has 0 aliphatic carbocycles. The first-order valence-electron chi connectivity index (χ1n) is 5.38. The zero-order valence-electron chi connectivity index (χ0n) is 9.75. The largest absolute Gasteiger partial charge is 0.492 e. The fraction of sp³-hybridized carbons (Fsp3) is 0.500. The highest BCUT2D eigenvalue weighted by atomic mass is 79.9. The Morgan fingerprint density at radius 3 is 2.71 bits per heavy atom. The second-order valence-electron chi connectivity index (χ2n) is 3.38. The monoisotopic (exact) mass is 306 g/mol. The highest BCUT2D eigenvalue weighted by Crippen LogP contribution is 2.25. The van der Waals surface area contributed by atoms with Gasteiger partial charge >= 0.3 is 0 Å². The van der Waals surface area contributed by atoms with E-state index in [1.165, 1.54) is 12.1 Å². The van der Waals surface area contributed by atoms with E-state index in [-0.39, 0.29) is 5.82 Å². The SMILES string of the molecule is COCCOCCCOc1ccc(F)cc1Br. The van der Waals surface area contributed by atoms with Crippen LogP contribution in [0.2, 0.25) is 0 Å². The van der Waals surface area contributed by atoms with Crippen molar-refractivity contribution >= 4 is 15.9 Å². The Kier molecular flexibility index (Phi) is 7.16. The summed E-state index contributed by atoms with van der Waals surface area (Å²) >= 11 is 3.24. The van der Waals surface area contributed by atoms with Crippen LogP contribution < -0.4 is 4.74 Å². The van der Waals surface area contributed by atoms with E-state index >= 15 is 0 Å². The van der Waals surface area contributed by atoms with Gasteiger partial charge in [0.2, 0.25) is 0 Å². The minimum atomic E-state index is -0.285. The van der Waals surface area contributed by atoms with Crippen molar-refractivity contribution in [2.45, 2.75) is 6.42 Å². The van der Waals surface area contributed by atoms with E-state index in [2.05, 4.69) is 15.9 Å². The van der Waals surface area contributed by atoms with Gasteiger partial charge in [0.05, 0.1) is 24.3 Å². The van der Waals surface area contributed by atoms with Crippen LogP contribution in [-0.2, 0) is 9.47 Å². The van der Waals surface area contributed by atoms with Crippen LogP contribution >= 0.6 is 15.9 Å². The molecule has 5 heteroatoms. The van der Waals surface area contributed by atoms with E-state index in [0.717, 1.165) is 6.42 Å². The van der Waals surface area contributed by atoms with Crippen molar-refractivity contribution in [2.75, 3.05) is 33.5 Å². The summed E-state index contributed by atoms with van der Waals surface area (Å²) in [5.41, 5.74) is 0. The van der Waals surface area contributed by atoms with Crippen molar-refractivity contribution in [2.24, 2.45) is 0 Å². The molecule has 17 heavy (non-hydrogen) atoms. The van der Waals surface area contributed by atoms with Crippen LogP contribution in [0.4, 0.5) is 4.39 Å². The van der Waals surface area contributed by atoms with Gasteiger partial charge in [-0.05, 0) is 34.1 Å². The van der Waals surface area contributed by atoms with Gasteiger partial charge in [0, 0.05) is 20.1 Å². The minimum absolute atomic E-state index is 0.285. The summed E-state index contributed by atoms with van der Waals surface area (Å²) in [6.45, 7) is 2.36. The normalized spacial score (nSPS) is 10.5. The molecule has 0 unspecified atom stereocenters. The average Bonchev–Trinajstić information content (AvgIpc) is 2.30. The fourth-order valence-electron chi connectivity index (χ4n) is 1.18. The molecule has 1 rings (SSSR count). The predicted octanol–water partition coefficient (Wildman–Crippen LogP) is 3.02. The zero-order chi connectivity index (χ0) is 12.5. The maximum Gasteiger partial charge on any atom is 0.133 e. The molecule has 0 aromatic heterocycles. The Morgan fingerprint density at radius 2 is 2.00 bits per heavy atom. The third-order valence-corrected chi connectivity index (χ3v) is 2.64. The molecular formula is C12H16BrFO3. The molecule has 0 bridgehead atoms. The predicted molar refractivity (Wildman–Crippen MR) is 66.9 cm³/mol. The van der Waals surface area contributed by atoms with E-state index in [9.17, 15) is 4.39 Å². The topological polar surface area (TPSA) is 27.7 Å². The number of hydrogen-bond donors (Lipinski definition) is 0. The molecule has 0 aliphatic rings.